The van der Waals surface area contributed by atoms with Crippen molar-refractivity contribution in [2.75, 3.05) is 45.8 Å². The van der Waals surface area contributed by atoms with Gasteiger partial charge in [-0.15, -0.1) is 0 Å². The van der Waals surface area contributed by atoms with Crippen molar-refractivity contribution in [3.8, 4) is 0 Å². The Morgan fingerprint density at radius 1 is 0.606 bits per heavy atom. The van der Waals surface area contributed by atoms with E-state index in [9.17, 15) is 63.0 Å². The molecule has 66 heavy (non-hydrogen) atoms. The van der Waals surface area contributed by atoms with E-state index in [1.165, 1.54) is 0 Å². The first-order valence-corrected chi connectivity index (χ1v) is 22.3. The molecule has 0 aromatic carbocycles. The van der Waals surface area contributed by atoms with Gasteiger partial charge in [0.1, 0.15) is 36.3 Å². The van der Waals surface area contributed by atoms with Crippen LogP contribution in [0.5, 0.6) is 0 Å². The molecule has 0 spiro atoms. The zero-order chi connectivity index (χ0) is 49.9. The molecule has 25 heteroatoms. The molecule has 0 saturated carbocycles. The van der Waals surface area contributed by atoms with Gasteiger partial charge >= 0.3 is 11.9 Å². The van der Waals surface area contributed by atoms with E-state index in [0.29, 0.717) is 45.1 Å². The summed E-state index contributed by atoms with van der Waals surface area (Å²) in [5.74, 6) is -10.2. The number of carbonyl (C=O) groups is 11. The fraction of sp³-hybridized carbons (Fsp3) is 0.732. The zero-order valence-electron chi connectivity index (χ0n) is 38.4. The second kappa shape index (κ2) is 31.1. The maximum absolute atomic E-state index is 13.7. The zero-order valence-corrected chi connectivity index (χ0v) is 38.4. The van der Waals surface area contributed by atoms with Crippen LogP contribution < -0.4 is 59.7 Å². The molecular weight excluding hydrogens is 869 g/mol. The third kappa shape index (κ3) is 21.8. The average molecular weight is 941 g/mol. The van der Waals surface area contributed by atoms with E-state index in [0.717, 1.165) is 4.90 Å². The van der Waals surface area contributed by atoms with E-state index in [1.54, 1.807) is 13.8 Å². The van der Waals surface area contributed by atoms with E-state index in [2.05, 4.69) is 42.5 Å². The Hall–Kier alpha value is -5.95. The van der Waals surface area contributed by atoms with Gasteiger partial charge < -0.3 is 74.8 Å². The van der Waals surface area contributed by atoms with Gasteiger partial charge in [-0.1, -0.05) is 34.1 Å². The molecule has 0 unspecified atom stereocenters. The SMILES string of the molecule is CC[C@H](C)[C@H](NC(=O)[C@H](CCCCN)NC(=O)[C@H](CC(C)C)NC(=O)CNC(=O)CN)C(=O)NCC(=O)NCC(=O)N[C@@H](CC(=O)O)C(=O)N[C@@H](CCCCN)C(=O)N1CCC[C@H]1C(=O)O. The molecule has 7 atom stereocenters. The Morgan fingerprint density at radius 2 is 1.12 bits per heavy atom. The van der Waals surface area contributed by atoms with Crippen LogP contribution in [0.2, 0.25) is 0 Å². The highest BCUT2D eigenvalue weighted by atomic mass is 16.4. The largest absolute Gasteiger partial charge is 0.481 e. The summed E-state index contributed by atoms with van der Waals surface area (Å²) < 4.78 is 0. The number of unbranched alkanes of at least 4 members (excludes halogenated alkanes) is 2. The summed E-state index contributed by atoms with van der Waals surface area (Å²) in [6, 6.07) is -7.49. The van der Waals surface area contributed by atoms with Crippen LogP contribution in [0.3, 0.4) is 0 Å². The van der Waals surface area contributed by atoms with Crippen LogP contribution in [0.15, 0.2) is 0 Å². The monoisotopic (exact) mass is 941 g/mol. The fourth-order valence-corrected chi connectivity index (χ4v) is 6.85. The first kappa shape index (κ1) is 58.1. The molecule has 9 amide bonds. The highest BCUT2D eigenvalue weighted by Crippen LogP contribution is 2.20. The number of aliphatic carboxylic acids is 2. The maximum Gasteiger partial charge on any atom is 0.326 e. The van der Waals surface area contributed by atoms with Crippen molar-refractivity contribution in [1.82, 2.24) is 47.4 Å². The number of hydrogen-bond donors (Lipinski definition) is 13. The second-order valence-corrected chi connectivity index (χ2v) is 16.5. The van der Waals surface area contributed by atoms with Crippen molar-refractivity contribution >= 4 is 65.1 Å². The van der Waals surface area contributed by atoms with E-state index in [1.807, 2.05) is 13.8 Å². The van der Waals surface area contributed by atoms with E-state index >= 15 is 0 Å². The Morgan fingerprint density at radius 3 is 1.65 bits per heavy atom. The third-order valence-corrected chi connectivity index (χ3v) is 10.6. The number of amides is 9. The molecule has 0 aliphatic carbocycles. The Labute approximate surface area is 384 Å². The number of hydrogen-bond acceptors (Lipinski definition) is 14. The lowest BCUT2D eigenvalue weighted by Gasteiger charge is -2.28. The lowest BCUT2D eigenvalue weighted by molar-refractivity contribution is -0.149. The molecular formula is C41H72N12O13. The molecule has 1 saturated heterocycles. The first-order chi connectivity index (χ1) is 31.2. The number of rotatable bonds is 32. The van der Waals surface area contributed by atoms with E-state index in [-0.39, 0.29) is 51.2 Å². The maximum atomic E-state index is 13.7. The van der Waals surface area contributed by atoms with Crippen LogP contribution >= 0.6 is 0 Å². The van der Waals surface area contributed by atoms with Crippen LogP contribution in [-0.2, 0) is 52.7 Å². The molecule has 0 radical (unpaired) electrons. The molecule has 1 aliphatic heterocycles. The van der Waals surface area contributed by atoms with Gasteiger partial charge in [0.2, 0.25) is 53.2 Å². The van der Waals surface area contributed by atoms with Gasteiger partial charge in [-0.3, -0.25) is 47.9 Å². The summed E-state index contributed by atoms with van der Waals surface area (Å²) in [5, 5.41) is 38.6. The topological polar surface area (TPSA) is 406 Å². The summed E-state index contributed by atoms with van der Waals surface area (Å²) in [7, 11) is 0. The molecule has 1 heterocycles. The molecule has 0 aromatic heterocycles. The number of nitrogens with one attached hydrogen (secondary N) is 8. The molecule has 25 nitrogen and oxygen atoms in total. The van der Waals surface area contributed by atoms with Crippen LogP contribution in [0.25, 0.3) is 0 Å². The first-order valence-electron chi connectivity index (χ1n) is 22.3. The van der Waals surface area contributed by atoms with Crippen LogP contribution in [0.4, 0.5) is 0 Å². The van der Waals surface area contributed by atoms with Crippen molar-refractivity contribution in [2.45, 2.75) is 135 Å². The molecule has 0 aromatic rings. The van der Waals surface area contributed by atoms with Crippen LogP contribution in [0, 0.1) is 11.8 Å². The van der Waals surface area contributed by atoms with Gasteiger partial charge in [0.05, 0.1) is 32.6 Å². The number of likely N-dealkylation sites (tertiary alicyclic amines) is 1. The predicted molar refractivity (Wildman–Crippen MR) is 237 cm³/mol. The lowest BCUT2D eigenvalue weighted by Crippen LogP contribution is -2.59. The minimum atomic E-state index is -1.70. The molecule has 16 N–H and O–H groups in total. The van der Waals surface area contributed by atoms with Gasteiger partial charge in [-0.25, -0.2) is 4.79 Å². The average Bonchev–Trinajstić information content (AvgIpc) is 3.77. The smallest absolute Gasteiger partial charge is 0.326 e. The predicted octanol–water partition coefficient (Wildman–Crippen LogP) is -4.38. The van der Waals surface area contributed by atoms with Crippen LogP contribution in [0.1, 0.15) is 98.3 Å². The minimum Gasteiger partial charge on any atom is -0.481 e. The van der Waals surface area contributed by atoms with Crippen molar-refractivity contribution in [2.24, 2.45) is 29.0 Å². The van der Waals surface area contributed by atoms with Crippen molar-refractivity contribution < 1.29 is 63.0 Å². The second-order valence-electron chi connectivity index (χ2n) is 16.5. The number of carboxylic acid groups (broad SMARTS) is 2. The Bertz CT molecular complexity index is 1680. The highest BCUT2D eigenvalue weighted by Gasteiger charge is 2.39. The summed E-state index contributed by atoms with van der Waals surface area (Å²) in [6.45, 7) is 5.60. The number of nitrogens with two attached hydrogens (primary N) is 3. The molecule has 0 bridgehead atoms. The van der Waals surface area contributed by atoms with E-state index < -0.39 is 133 Å². The number of carbonyl (C=O) groups excluding carboxylic acids is 9. The minimum absolute atomic E-state index is 0.0632. The van der Waals surface area contributed by atoms with Gasteiger partial charge in [0.15, 0.2) is 0 Å². The third-order valence-electron chi connectivity index (χ3n) is 10.6. The summed E-state index contributed by atoms with van der Waals surface area (Å²) in [6.07, 6.45) is 2.29. The summed E-state index contributed by atoms with van der Waals surface area (Å²) >= 11 is 0. The van der Waals surface area contributed by atoms with Gasteiger partial charge in [0, 0.05) is 6.54 Å². The van der Waals surface area contributed by atoms with Crippen molar-refractivity contribution in [1.29, 1.82) is 0 Å². The van der Waals surface area contributed by atoms with E-state index in [4.69, 9.17) is 17.2 Å². The van der Waals surface area contributed by atoms with Gasteiger partial charge in [-0.2, -0.15) is 0 Å². The Balaban J connectivity index is 3.01. The standard InChI is InChI=1S/C41H72N12O13/c1-5-24(4)35(52-36(60)25(11-6-8-14-42)50-37(61)27(17-23(2)3)48-32(56)21-45-30(54)19-44)39(63)47-20-31(55)46-22-33(57)49-28(18-34(58)59)38(62)51-26(12-7-9-15-43)40(64)53-16-10-13-29(53)41(65)66/h23-29,35H,5-22,42-44H2,1-4H3,(H,45,54)(H,46,55)(H,47,63)(H,48,56)(H,49,57)(H,50,61)(H,51,62)(H,52,60)(H,58,59)(H,65,66)/t24-,25-,26-,27-,28-,29-,35-/m0/s1. The van der Waals surface area contributed by atoms with Gasteiger partial charge in [0.25, 0.3) is 0 Å². The van der Waals surface area contributed by atoms with Gasteiger partial charge in [-0.05, 0) is 82.7 Å². The lowest BCUT2D eigenvalue weighted by atomic mass is 9.97. The molecule has 1 rings (SSSR count). The fourth-order valence-electron chi connectivity index (χ4n) is 6.85. The van der Waals surface area contributed by atoms with Crippen molar-refractivity contribution in [3.63, 3.8) is 0 Å². The molecule has 1 aliphatic rings. The number of nitrogens with zero attached hydrogens (tertiary/aromatic N) is 1. The normalized spacial score (nSPS) is 16.0. The van der Waals surface area contributed by atoms with Crippen molar-refractivity contribution in [3.05, 3.63) is 0 Å². The summed E-state index contributed by atoms with van der Waals surface area (Å²) in [4.78, 5) is 142. The quantitative estimate of drug-likeness (QED) is 0.0283. The molecule has 1 fully saturated rings. The number of carboxylic acids is 2. The summed E-state index contributed by atoms with van der Waals surface area (Å²) in [5.41, 5.74) is 16.5. The Kier molecular flexibility index (Phi) is 27.3. The highest BCUT2D eigenvalue weighted by molar-refractivity contribution is 5.97. The van der Waals surface area contributed by atoms with Crippen LogP contribution in [-0.4, -0.2) is 162 Å². The molecule has 374 valence electrons.